The summed E-state index contributed by atoms with van der Waals surface area (Å²) >= 11 is 0. The van der Waals surface area contributed by atoms with Crippen LogP contribution in [0.5, 0.6) is 5.75 Å². The highest BCUT2D eigenvalue weighted by atomic mass is 32.2. The summed E-state index contributed by atoms with van der Waals surface area (Å²) in [5, 5.41) is 2.78. The largest absolute Gasteiger partial charge is 0.495 e. The van der Waals surface area contributed by atoms with Gasteiger partial charge in [-0.05, 0) is 54.2 Å². The Labute approximate surface area is 160 Å². The fourth-order valence-corrected chi connectivity index (χ4v) is 4.35. The van der Waals surface area contributed by atoms with E-state index >= 15 is 0 Å². The first-order chi connectivity index (χ1) is 12.8. The van der Waals surface area contributed by atoms with E-state index in [2.05, 4.69) is 17.4 Å². The molecule has 0 aliphatic heterocycles. The van der Waals surface area contributed by atoms with Crippen LogP contribution in [0.25, 0.3) is 0 Å². The van der Waals surface area contributed by atoms with E-state index in [1.54, 1.807) is 12.1 Å². The molecule has 6 nitrogen and oxygen atoms in total. The van der Waals surface area contributed by atoms with E-state index in [1.165, 1.54) is 44.8 Å². The number of rotatable bonds is 6. The number of hydrogen-bond donors (Lipinski definition) is 1. The molecule has 2 aromatic rings. The van der Waals surface area contributed by atoms with Crippen LogP contribution >= 0.6 is 0 Å². The average molecular weight is 388 g/mol. The van der Waals surface area contributed by atoms with Gasteiger partial charge in [-0.2, -0.15) is 0 Å². The zero-order valence-corrected chi connectivity index (χ0v) is 16.6. The number of fused-ring (bicyclic) bond motifs is 1. The summed E-state index contributed by atoms with van der Waals surface area (Å²) in [4.78, 5) is 12.4. The van der Waals surface area contributed by atoms with Gasteiger partial charge in [0.05, 0.1) is 13.5 Å². The smallest absolute Gasteiger partial charge is 0.246 e. The molecule has 0 unspecified atom stereocenters. The molecule has 1 amide bonds. The number of aryl methyl sites for hydroxylation is 2. The van der Waals surface area contributed by atoms with Crippen LogP contribution < -0.4 is 10.1 Å². The van der Waals surface area contributed by atoms with E-state index < -0.39 is 10.0 Å². The molecular formula is C20H24N2O4S. The van der Waals surface area contributed by atoms with Crippen LogP contribution in [-0.2, 0) is 34.1 Å². The summed E-state index contributed by atoms with van der Waals surface area (Å²) < 4.78 is 31.2. The fourth-order valence-electron chi connectivity index (χ4n) is 3.28. The summed E-state index contributed by atoms with van der Waals surface area (Å²) in [6.45, 7) is 0. The number of nitrogens with one attached hydrogen (secondary N) is 1. The minimum absolute atomic E-state index is 0.0188. The molecule has 0 radical (unpaired) electrons. The molecule has 0 fully saturated rings. The number of sulfonamides is 1. The zero-order valence-electron chi connectivity index (χ0n) is 15.8. The molecule has 3 rings (SSSR count). The molecule has 0 saturated heterocycles. The number of benzene rings is 2. The van der Waals surface area contributed by atoms with Crippen LogP contribution in [0.4, 0.5) is 5.69 Å². The Bertz CT molecular complexity index is 968. The van der Waals surface area contributed by atoms with Gasteiger partial charge < -0.3 is 10.1 Å². The normalized spacial score (nSPS) is 13.5. The number of nitrogens with zero attached hydrogens (tertiary/aromatic N) is 1. The number of hydrogen-bond acceptors (Lipinski definition) is 4. The van der Waals surface area contributed by atoms with Crippen LogP contribution in [0.3, 0.4) is 0 Å². The van der Waals surface area contributed by atoms with E-state index in [-0.39, 0.29) is 23.0 Å². The van der Waals surface area contributed by atoms with Gasteiger partial charge in [-0.1, -0.05) is 18.2 Å². The summed E-state index contributed by atoms with van der Waals surface area (Å²) in [6, 6.07) is 10.8. The first-order valence-corrected chi connectivity index (χ1v) is 10.3. The zero-order chi connectivity index (χ0) is 19.6. The van der Waals surface area contributed by atoms with Crippen molar-refractivity contribution in [2.45, 2.75) is 30.6 Å². The van der Waals surface area contributed by atoms with Crippen molar-refractivity contribution < 1.29 is 17.9 Å². The molecule has 0 bridgehead atoms. The summed E-state index contributed by atoms with van der Waals surface area (Å²) in [5.41, 5.74) is 4.07. The lowest BCUT2D eigenvalue weighted by molar-refractivity contribution is -0.115. The van der Waals surface area contributed by atoms with Gasteiger partial charge in [0.1, 0.15) is 10.6 Å². The lowest BCUT2D eigenvalue weighted by atomic mass is 10.0. The predicted octanol–water partition coefficient (Wildman–Crippen LogP) is 2.62. The van der Waals surface area contributed by atoms with Crippen molar-refractivity contribution in [3.63, 3.8) is 0 Å². The monoisotopic (exact) mass is 388 g/mol. The van der Waals surface area contributed by atoms with Crippen molar-refractivity contribution in [1.82, 2.24) is 4.31 Å². The molecule has 1 aliphatic rings. The van der Waals surface area contributed by atoms with Crippen LogP contribution in [0.15, 0.2) is 41.3 Å². The van der Waals surface area contributed by atoms with E-state index in [0.717, 1.165) is 22.7 Å². The molecule has 144 valence electrons. The summed E-state index contributed by atoms with van der Waals surface area (Å²) in [5.74, 6) is 0.0478. The fraction of sp³-hybridized carbons (Fsp3) is 0.350. The highest BCUT2D eigenvalue weighted by Crippen LogP contribution is 2.29. The van der Waals surface area contributed by atoms with E-state index in [9.17, 15) is 13.2 Å². The minimum Gasteiger partial charge on any atom is -0.495 e. The third-order valence-corrected chi connectivity index (χ3v) is 6.57. The van der Waals surface area contributed by atoms with Crippen molar-refractivity contribution in [3.05, 3.63) is 53.1 Å². The van der Waals surface area contributed by atoms with Crippen LogP contribution in [0.2, 0.25) is 0 Å². The Balaban J connectivity index is 1.78. The van der Waals surface area contributed by atoms with Gasteiger partial charge in [-0.15, -0.1) is 0 Å². The van der Waals surface area contributed by atoms with Gasteiger partial charge >= 0.3 is 0 Å². The lowest BCUT2D eigenvalue weighted by Gasteiger charge is -2.16. The predicted molar refractivity (Wildman–Crippen MR) is 105 cm³/mol. The molecule has 0 heterocycles. The molecular weight excluding hydrogens is 364 g/mol. The van der Waals surface area contributed by atoms with Crippen LogP contribution in [0.1, 0.15) is 23.1 Å². The lowest BCUT2D eigenvalue weighted by Crippen LogP contribution is -2.23. The molecule has 0 spiro atoms. The first-order valence-electron chi connectivity index (χ1n) is 8.82. The van der Waals surface area contributed by atoms with E-state index in [4.69, 9.17) is 4.74 Å². The Kier molecular flexibility index (Phi) is 5.53. The summed E-state index contributed by atoms with van der Waals surface area (Å²) in [6.07, 6.45) is 3.58. The summed E-state index contributed by atoms with van der Waals surface area (Å²) in [7, 11) is 0.631. The average Bonchev–Trinajstić information content (AvgIpc) is 3.09. The maximum Gasteiger partial charge on any atom is 0.246 e. The molecule has 7 heteroatoms. The molecule has 0 aromatic heterocycles. The Morgan fingerprint density at radius 1 is 1.11 bits per heavy atom. The number of carbonyl (C=O) groups is 1. The Morgan fingerprint density at radius 3 is 2.56 bits per heavy atom. The van der Waals surface area contributed by atoms with Gasteiger partial charge in [0.2, 0.25) is 15.9 Å². The highest BCUT2D eigenvalue weighted by molar-refractivity contribution is 7.89. The van der Waals surface area contributed by atoms with Gasteiger partial charge in [-0.3, -0.25) is 4.79 Å². The number of ether oxygens (including phenoxy) is 1. The molecule has 1 aliphatic carbocycles. The second-order valence-corrected chi connectivity index (χ2v) is 8.95. The Morgan fingerprint density at radius 2 is 1.85 bits per heavy atom. The number of methoxy groups -OCH3 is 1. The number of anilines is 1. The molecule has 0 saturated carbocycles. The maximum atomic E-state index is 12.5. The molecule has 2 aromatic carbocycles. The van der Waals surface area contributed by atoms with Crippen molar-refractivity contribution in [2.24, 2.45) is 0 Å². The standard InChI is InChI=1S/C20H24N2O4S/c1-22(2)27(24,25)19-13-17(9-10-18(19)26-3)21-20(23)12-14-7-8-15-5-4-6-16(15)11-14/h7-11,13H,4-6,12H2,1-3H3,(H,21,23). The SMILES string of the molecule is COc1ccc(NC(=O)Cc2ccc3c(c2)CCC3)cc1S(=O)(=O)N(C)C. The van der Waals surface area contributed by atoms with Crippen LogP contribution in [0, 0.1) is 0 Å². The molecule has 0 atom stereocenters. The quantitative estimate of drug-likeness (QED) is 0.825. The minimum atomic E-state index is -3.69. The third-order valence-electron chi connectivity index (χ3n) is 4.73. The highest BCUT2D eigenvalue weighted by Gasteiger charge is 2.23. The van der Waals surface area contributed by atoms with Gasteiger partial charge in [0.15, 0.2) is 0 Å². The number of amides is 1. The van der Waals surface area contributed by atoms with Crippen molar-refractivity contribution in [1.29, 1.82) is 0 Å². The van der Waals surface area contributed by atoms with Crippen LogP contribution in [-0.4, -0.2) is 39.8 Å². The second kappa shape index (κ2) is 7.70. The van der Waals surface area contributed by atoms with Gasteiger partial charge in [0.25, 0.3) is 0 Å². The Hall–Kier alpha value is -2.38. The number of carbonyl (C=O) groups excluding carboxylic acids is 1. The van der Waals surface area contributed by atoms with E-state index in [1.807, 2.05) is 6.07 Å². The third kappa shape index (κ3) is 4.14. The second-order valence-electron chi connectivity index (χ2n) is 6.83. The topological polar surface area (TPSA) is 75.7 Å². The maximum absolute atomic E-state index is 12.5. The van der Waals surface area contributed by atoms with E-state index in [0.29, 0.717) is 5.69 Å². The molecule has 27 heavy (non-hydrogen) atoms. The van der Waals surface area contributed by atoms with Gasteiger partial charge in [0, 0.05) is 19.8 Å². The van der Waals surface area contributed by atoms with Crippen molar-refractivity contribution in [2.75, 3.05) is 26.5 Å². The first kappa shape index (κ1) is 19.4. The van der Waals surface area contributed by atoms with Crippen molar-refractivity contribution in [3.8, 4) is 5.75 Å². The van der Waals surface area contributed by atoms with Gasteiger partial charge in [-0.25, -0.2) is 12.7 Å². The molecule has 1 N–H and O–H groups in total. The van der Waals surface area contributed by atoms with Crippen molar-refractivity contribution >= 4 is 21.6 Å².